The van der Waals surface area contributed by atoms with Crippen molar-refractivity contribution in [1.29, 1.82) is 0 Å². The third-order valence-corrected chi connectivity index (χ3v) is 2.73. The Morgan fingerprint density at radius 3 is 2.79 bits per heavy atom. The van der Waals surface area contributed by atoms with Gasteiger partial charge in [0, 0.05) is 25.5 Å². The summed E-state index contributed by atoms with van der Waals surface area (Å²) in [5.74, 6) is -0.327. The third-order valence-electron chi connectivity index (χ3n) is 2.73. The van der Waals surface area contributed by atoms with E-state index < -0.39 is 0 Å². The first-order chi connectivity index (χ1) is 9.08. The van der Waals surface area contributed by atoms with Gasteiger partial charge in [-0.05, 0) is 24.6 Å². The molecule has 2 rings (SSSR count). The lowest BCUT2D eigenvalue weighted by Gasteiger charge is -2.13. The zero-order valence-corrected chi connectivity index (χ0v) is 10.7. The van der Waals surface area contributed by atoms with Gasteiger partial charge in [0.15, 0.2) is 0 Å². The maximum Gasteiger partial charge on any atom is 0.272 e. The second-order valence-electron chi connectivity index (χ2n) is 4.16. The molecular weight excluding hydrogens is 244 g/mol. The summed E-state index contributed by atoms with van der Waals surface area (Å²) < 4.78 is 1.13. The molecule has 0 saturated heterocycles. The van der Waals surface area contributed by atoms with Crippen LogP contribution in [0.4, 0.5) is 0 Å². The first-order valence-electron chi connectivity index (χ1n) is 5.83. The summed E-state index contributed by atoms with van der Waals surface area (Å²) in [6, 6.07) is 6.24. The summed E-state index contributed by atoms with van der Waals surface area (Å²) >= 11 is 0. The van der Waals surface area contributed by atoms with E-state index in [1.807, 2.05) is 19.1 Å². The predicted molar refractivity (Wildman–Crippen MR) is 69.6 cm³/mol. The van der Waals surface area contributed by atoms with Gasteiger partial charge in [-0.2, -0.15) is 5.10 Å². The topological polar surface area (TPSA) is 76.9 Å². The fraction of sp³-hybridized carbons (Fsp3) is 0.231. The molecule has 6 nitrogen and oxygen atoms in total. The fourth-order valence-electron chi connectivity index (χ4n) is 1.61. The van der Waals surface area contributed by atoms with Crippen molar-refractivity contribution in [3.05, 3.63) is 58.3 Å². The van der Waals surface area contributed by atoms with Crippen molar-refractivity contribution in [3.63, 3.8) is 0 Å². The van der Waals surface area contributed by atoms with Crippen LogP contribution in [0.1, 0.15) is 29.0 Å². The summed E-state index contributed by atoms with van der Waals surface area (Å²) in [6.07, 6.45) is 3.37. The van der Waals surface area contributed by atoms with Gasteiger partial charge >= 0.3 is 0 Å². The predicted octanol–water partition coefficient (Wildman–Crippen LogP) is 0.666. The standard InChI is InChI=1S/C13H14N4O2/c1-9(10-4-3-7-14-8-10)15-13(19)11-5-6-12(18)17(2)16-11/h3-9H,1-2H3,(H,15,19). The summed E-state index contributed by atoms with van der Waals surface area (Å²) in [5.41, 5.74) is 0.857. The molecule has 2 aromatic heterocycles. The minimum Gasteiger partial charge on any atom is -0.344 e. The van der Waals surface area contributed by atoms with E-state index in [-0.39, 0.29) is 23.2 Å². The Morgan fingerprint density at radius 2 is 2.16 bits per heavy atom. The van der Waals surface area contributed by atoms with Gasteiger partial charge < -0.3 is 5.32 Å². The van der Waals surface area contributed by atoms with Crippen molar-refractivity contribution in [2.45, 2.75) is 13.0 Å². The van der Waals surface area contributed by atoms with Gasteiger partial charge in [0.05, 0.1) is 6.04 Å². The zero-order valence-electron chi connectivity index (χ0n) is 10.7. The highest BCUT2D eigenvalue weighted by Gasteiger charge is 2.13. The van der Waals surface area contributed by atoms with Gasteiger partial charge in [-0.15, -0.1) is 0 Å². The van der Waals surface area contributed by atoms with E-state index in [1.54, 1.807) is 12.4 Å². The molecule has 1 N–H and O–H groups in total. The summed E-state index contributed by atoms with van der Waals surface area (Å²) in [7, 11) is 1.50. The number of carbonyl (C=O) groups is 1. The molecule has 1 unspecified atom stereocenters. The molecule has 0 aromatic carbocycles. The molecule has 2 heterocycles. The normalized spacial score (nSPS) is 11.9. The smallest absolute Gasteiger partial charge is 0.272 e. The Balaban J connectivity index is 2.13. The molecule has 1 amide bonds. The maximum absolute atomic E-state index is 12.0. The maximum atomic E-state index is 12.0. The van der Waals surface area contributed by atoms with Gasteiger partial charge in [0.25, 0.3) is 11.5 Å². The number of nitrogens with zero attached hydrogens (tertiary/aromatic N) is 3. The van der Waals surface area contributed by atoms with Gasteiger partial charge in [-0.3, -0.25) is 14.6 Å². The van der Waals surface area contributed by atoms with Crippen LogP contribution in [0.2, 0.25) is 0 Å². The molecule has 0 saturated carbocycles. The van der Waals surface area contributed by atoms with E-state index >= 15 is 0 Å². The molecule has 19 heavy (non-hydrogen) atoms. The highest BCUT2D eigenvalue weighted by molar-refractivity contribution is 5.92. The lowest BCUT2D eigenvalue weighted by atomic mass is 10.1. The van der Waals surface area contributed by atoms with Crippen LogP contribution in [0.5, 0.6) is 0 Å². The highest BCUT2D eigenvalue weighted by Crippen LogP contribution is 2.10. The number of aryl methyl sites for hydroxylation is 1. The molecule has 0 aliphatic carbocycles. The Kier molecular flexibility index (Phi) is 3.70. The number of hydrogen-bond donors (Lipinski definition) is 1. The van der Waals surface area contributed by atoms with Gasteiger partial charge in [-0.25, -0.2) is 4.68 Å². The van der Waals surface area contributed by atoms with Crippen LogP contribution < -0.4 is 10.9 Å². The van der Waals surface area contributed by atoms with Crippen LogP contribution >= 0.6 is 0 Å². The quantitative estimate of drug-likeness (QED) is 0.877. The number of carbonyl (C=O) groups excluding carboxylic acids is 1. The van der Waals surface area contributed by atoms with Crippen LogP contribution in [0.25, 0.3) is 0 Å². The van der Waals surface area contributed by atoms with Crippen molar-refractivity contribution in [3.8, 4) is 0 Å². The molecule has 0 aliphatic rings. The Hall–Kier alpha value is -2.50. The second-order valence-corrected chi connectivity index (χ2v) is 4.16. The average molecular weight is 258 g/mol. The van der Waals surface area contributed by atoms with Crippen LogP contribution in [0.15, 0.2) is 41.5 Å². The Bertz CT molecular complexity index is 637. The second kappa shape index (κ2) is 5.43. The van der Waals surface area contributed by atoms with Crippen molar-refractivity contribution in [1.82, 2.24) is 20.1 Å². The van der Waals surface area contributed by atoms with Gasteiger partial charge in [0.2, 0.25) is 0 Å². The molecule has 0 radical (unpaired) electrons. The Labute approximate surface area is 110 Å². The highest BCUT2D eigenvalue weighted by atomic mass is 16.2. The van der Waals surface area contributed by atoms with E-state index in [1.165, 1.54) is 19.2 Å². The first-order valence-corrected chi connectivity index (χ1v) is 5.83. The number of amides is 1. The summed E-state index contributed by atoms with van der Waals surface area (Å²) in [4.78, 5) is 27.2. The van der Waals surface area contributed by atoms with Crippen molar-refractivity contribution in [2.75, 3.05) is 0 Å². The van der Waals surface area contributed by atoms with Crippen molar-refractivity contribution >= 4 is 5.91 Å². The van der Waals surface area contributed by atoms with E-state index in [4.69, 9.17) is 0 Å². The number of hydrogen-bond acceptors (Lipinski definition) is 4. The van der Waals surface area contributed by atoms with Crippen molar-refractivity contribution in [2.24, 2.45) is 7.05 Å². The minimum atomic E-state index is -0.327. The molecule has 0 fully saturated rings. The summed E-state index contributed by atoms with van der Waals surface area (Å²) in [6.45, 7) is 1.86. The molecule has 98 valence electrons. The lowest BCUT2D eigenvalue weighted by Crippen LogP contribution is -2.30. The molecule has 0 spiro atoms. The largest absolute Gasteiger partial charge is 0.344 e. The number of nitrogens with one attached hydrogen (secondary N) is 1. The van der Waals surface area contributed by atoms with E-state index in [9.17, 15) is 9.59 Å². The molecule has 0 bridgehead atoms. The number of pyridine rings is 1. The minimum absolute atomic E-state index is 0.180. The van der Waals surface area contributed by atoms with Crippen LogP contribution in [-0.2, 0) is 7.05 Å². The Morgan fingerprint density at radius 1 is 1.37 bits per heavy atom. The molecule has 1 atom stereocenters. The first kappa shape index (κ1) is 12.9. The van der Waals surface area contributed by atoms with E-state index in [0.29, 0.717) is 0 Å². The molecule has 6 heteroatoms. The van der Waals surface area contributed by atoms with Crippen LogP contribution in [0.3, 0.4) is 0 Å². The van der Waals surface area contributed by atoms with E-state index in [0.717, 1.165) is 10.2 Å². The molecular formula is C13H14N4O2. The molecule has 2 aromatic rings. The monoisotopic (exact) mass is 258 g/mol. The number of rotatable bonds is 3. The van der Waals surface area contributed by atoms with Gasteiger partial charge in [0.1, 0.15) is 5.69 Å². The summed E-state index contributed by atoms with van der Waals surface area (Å²) in [5, 5.41) is 6.70. The van der Waals surface area contributed by atoms with Gasteiger partial charge in [-0.1, -0.05) is 6.07 Å². The average Bonchev–Trinajstić information content (AvgIpc) is 2.42. The third kappa shape index (κ3) is 3.04. The van der Waals surface area contributed by atoms with E-state index in [2.05, 4.69) is 15.4 Å². The lowest BCUT2D eigenvalue weighted by molar-refractivity contribution is 0.0932. The SMILES string of the molecule is CC(NC(=O)c1ccc(=O)n(C)n1)c1cccnc1. The number of aromatic nitrogens is 3. The van der Waals surface area contributed by atoms with Crippen molar-refractivity contribution < 1.29 is 4.79 Å². The fourth-order valence-corrected chi connectivity index (χ4v) is 1.61. The zero-order chi connectivity index (χ0) is 13.8. The van der Waals surface area contributed by atoms with Crippen LogP contribution in [0, 0.1) is 0 Å². The molecule has 0 aliphatic heterocycles. The van der Waals surface area contributed by atoms with Crippen LogP contribution in [-0.4, -0.2) is 20.7 Å².